The Labute approximate surface area is 158 Å². The van der Waals surface area contributed by atoms with Crippen LogP contribution in [-0.2, 0) is 19.1 Å². The summed E-state index contributed by atoms with van der Waals surface area (Å²) in [5.74, 6) is -2.47. The van der Waals surface area contributed by atoms with E-state index in [2.05, 4.69) is 5.32 Å². The maximum Gasteiger partial charge on any atom is 0.327 e. The maximum absolute atomic E-state index is 13.0. The van der Waals surface area contributed by atoms with Crippen molar-refractivity contribution in [1.82, 2.24) is 10.2 Å². The highest BCUT2D eigenvalue weighted by Crippen LogP contribution is 2.50. The fourth-order valence-electron chi connectivity index (χ4n) is 4.35. The smallest absolute Gasteiger partial charge is 0.327 e. The van der Waals surface area contributed by atoms with Crippen LogP contribution in [-0.4, -0.2) is 47.0 Å². The minimum absolute atomic E-state index is 0.113. The number of fused-ring (bicyclic) bond motifs is 1. The molecule has 2 N–H and O–H groups in total. The van der Waals surface area contributed by atoms with Crippen molar-refractivity contribution in [3.05, 3.63) is 29.8 Å². The Kier molecular flexibility index (Phi) is 5.24. The Bertz CT molecular complexity index is 747. The van der Waals surface area contributed by atoms with Gasteiger partial charge in [-0.3, -0.25) is 24.6 Å². The summed E-state index contributed by atoms with van der Waals surface area (Å²) in [4.78, 5) is 39.9. The number of rotatable bonds is 6. The third-order valence-corrected chi connectivity index (χ3v) is 5.69. The van der Waals surface area contributed by atoms with Gasteiger partial charge in [0.25, 0.3) is 0 Å². The first-order valence-corrected chi connectivity index (χ1v) is 9.42. The molecule has 1 aromatic carbocycles. The molecule has 0 aliphatic carbocycles. The van der Waals surface area contributed by atoms with Crippen LogP contribution in [0.4, 0.5) is 0 Å². The number of nitrogens with zero attached hydrogens (tertiary/aromatic N) is 1. The number of aromatic hydroxyl groups is 1. The second-order valence-electron chi connectivity index (χ2n) is 7.25. The number of nitrogens with one attached hydrogen (secondary N) is 1. The molecule has 4 atom stereocenters. The standard InChI is InChI=1S/C20H26N2O5/c1-4-6-11-20(19(26)27-5-2)15-14(17(24)22(3)18(15)25)16(21-20)12-7-9-13(23)10-8-12/h7-10,14-16,21,23H,4-6,11H2,1-3H3/t14-,15+,16-,20+/m1/s1. The van der Waals surface area contributed by atoms with Crippen molar-refractivity contribution in [2.45, 2.75) is 44.7 Å². The fourth-order valence-corrected chi connectivity index (χ4v) is 4.35. The summed E-state index contributed by atoms with van der Waals surface area (Å²) in [7, 11) is 1.46. The molecule has 0 unspecified atom stereocenters. The quantitative estimate of drug-likeness (QED) is 0.582. The number of hydrogen-bond acceptors (Lipinski definition) is 6. The van der Waals surface area contributed by atoms with E-state index in [1.807, 2.05) is 6.92 Å². The minimum Gasteiger partial charge on any atom is -0.508 e. The number of phenols is 1. The molecule has 27 heavy (non-hydrogen) atoms. The molecule has 2 aliphatic heterocycles. The number of carbonyl (C=O) groups is 3. The van der Waals surface area contributed by atoms with Gasteiger partial charge in [0.1, 0.15) is 11.3 Å². The number of esters is 1. The normalized spacial score (nSPS) is 29.9. The van der Waals surface area contributed by atoms with Crippen LogP contribution in [0.1, 0.15) is 44.7 Å². The summed E-state index contributed by atoms with van der Waals surface area (Å²) in [5.41, 5.74) is -0.474. The van der Waals surface area contributed by atoms with Crippen LogP contribution in [0, 0.1) is 11.8 Å². The largest absolute Gasteiger partial charge is 0.508 e. The van der Waals surface area contributed by atoms with E-state index in [0.717, 1.165) is 23.3 Å². The Hall–Kier alpha value is -2.41. The second-order valence-corrected chi connectivity index (χ2v) is 7.25. The summed E-state index contributed by atoms with van der Waals surface area (Å²) in [6, 6.07) is 5.99. The van der Waals surface area contributed by atoms with Crippen molar-refractivity contribution in [3.8, 4) is 5.75 Å². The van der Waals surface area contributed by atoms with Gasteiger partial charge in [0.2, 0.25) is 11.8 Å². The Morgan fingerprint density at radius 2 is 1.89 bits per heavy atom. The zero-order valence-corrected chi connectivity index (χ0v) is 15.9. The van der Waals surface area contributed by atoms with Crippen molar-refractivity contribution in [1.29, 1.82) is 0 Å². The molecular weight excluding hydrogens is 348 g/mol. The number of phenolic OH excluding ortho intramolecular Hbond substituents is 1. The van der Waals surface area contributed by atoms with Gasteiger partial charge in [-0.05, 0) is 31.0 Å². The van der Waals surface area contributed by atoms with Crippen LogP contribution in [0.15, 0.2) is 24.3 Å². The number of amides is 2. The van der Waals surface area contributed by atoms with Gasteiger partial charge in [-0.25, -0.2) is 0 Å². The van der Waals surface area contributed by atoms with Crippen molar-refractivity contribution >= 4 is 17.8 Å². The fraction of sp³-hybridized carbons (Fsp3) is 0.550. The highest BCUT2D eigenvalue weighted by molar-refractivity contribution is 6.09. The summed E-state index contributed by atoms with van der Waals surface area (Å²) in [6.45, 7) is 3.94. The third kappa shape index (κ3) is 3.00. The van der Waals surface area contributed by atoms with E-state index < -0.39 is 29.4 Å². The van der Waals surface area contributed by atoms with E-state index in [0.29, 0.717) is 6.42 Å². The van der Waals surface area contributed by atoms with Crippen LogP contribution in [0.2, 0.25) is 0 Å². The predicted octanol–water partition coefficient (Wildman–Crippen LogP) is 1.76. The average molecular weight is 374 g/mol. The van der Waals surface area contributed by atoms with E-state index in [1.54, 1.807) is 19.1 Å². The Balaban J connectivity index is 2.10. The topological polar surface area (TPSA) is 95.9 Å². The van der Waals surface area contributed by atoms with Crippen molar-refractivity contribution in [2.75, 3.05) is 13.7 Å². The molecule has 2 fully saturated rings. The van der Waals surface area contributed by atoms with Gasteiger partial charge >= 0.3 is 5.97 Å². The van der Waals surface area contributed by atoms with Crippen molar-refractivity contribution < 1.29 is 24.2 Å². The van der Waals surface area contributed by atoms with E-state index in [1.165, 1.54) is 19.2 Å². The van der Waals surface area contributed by atoms with Gasteiger partial charge in [-0.1, -0.05) is 31.9 Å². The molecule has 2 aliphatic rings. The number of ether oxygens (including phenoxy) is 1. The highest BCUT2D eigenvalue weighted by atomic mass is 16.5. The summed E-state index contributed by atoms with van der Waals surface area (Å²) in [5, 5.41) is 12.9. The van der Waals surface area contributed by atoms with E-state index in [9.17, 15) is 19.5 Å². The highest BCUT2D eigenvalue weighted by Gasteiger charge is 2.67. The minimum atomic E-state index is -1.23. The van der Waals surface area contributed by atoms with Crippen LogP contribution in [0.25, 0.3) is 0 Å². The lowest BCUT2D eigenvalue weighted by molar-refractivity contribution is -0.156. The van der Waals surface area contributed by atoms with E-state index >= 15 is 0 Å². The lowest BCUT2D eigenvalue weighted by Gasteiger charge is -2.32. The maximum atomic E-state index is 13.0. The molecule has 2 heterocycles. The van der Waals surface area contributed by atoms with E-state index in [-0.39, 0.29) is 24.2 Å². The molecule has 2 amide bonds. The molecule has 7 nitrogen and oxygen atoms in total. The number of likely N-dealkylation sites (tertiary alicyclic amines) is 1. The van der Waals surface area contributed by atoms with Gasteiger partial charge in [-0.15, -0.1) is 0 Å². The number of carbonyl (C=O) groups excluding carboxylic acids is 3. The van der Waals surface area contributed by atoms with E-state index in [4.69, 9.17) is 4.74 Å². The Morgan fingerprint density at radius 1 is 1.22 bits per heavy atom. The molecule has 1 aromatic rings. The first-order chi connectivity index (χ1) is 12.9. The molecule has 3 rings (SSSR count). The van der Waals surface area contributed by atoms with Crippen molar-refractivity contribution in [2.24, 2.45) is 11.8 Å². The zero-order valence-electron chi connectivity index (χ0n) is 15.9. The lowest BCUT2D eigenvalue weighted by Crippen LogP contribution is -2.56. The molecule has 0 radical (unpaired) electrons. The van der Waals surface area contributed by atoms with Crippen LogP contribution in [0.3, 0.4) is 0 Å². The monoisotopic (exact) mass is 374 g/mol. The SMILES string of the molecule is CCCC[C@]1(C(=O)OCC)N[C@H](c2ccc(O)cc2)[C@@H]2C(=O)N(C)C(=O)[C@H]21. The third-order valence-electron chi connectivity index (χ3n) is 5.69. The number of benzene rings is 1. The summed E-state index contributed by atoms with van der Waals surface area (Å²) < 4.78 is 5.33. The van der Waals surface area contributed by atoms with Gasteiger partial charge in [-0.2, -0.15) is 0 Å². The molecule has 0 spiro atoms. The summed E-state index contributed by atoms with van der Waals surface area (Å²) >= 11 is 0. The molecular formula is C20H26N2O5. The second kappa shape index (κ2) is 7.31. The molecule has 2 saturated heterocycles. The first kappa shape index (κ1) is 19.4. The number of unbranched alkanes of at least 4 members (excludes halogenated alkanes) is 1. The average Bonchev–Trinajstić information content (AvgIpc) is 3.11. The first-order valence-electron chi connectivity index (χ1n) is 9.42. The van der Waals surface area contributed by atoms with Gasteiger partial charge in [0.05, 0.1) is 18.4 Å². The van der Waals surface area contributed by atoms with Gasteiger partial charge in [0, 0.05) is 13.1 Å². The van der Waals surface area contributed by atoms with Crippen molar-refractivity contribution in [3.63, 3.8) is 0 Å². The number of hydrogen-bond donors (Lipinski definition) is 2. The predicted molar refractivity (Wildman–Crippen MR) is 97.6 cm³/mol. The molecule has 0 aromatic heterocycles. The molecule has 0 saturated carbocycles. The summed E-state index contributed by atoms with van der Waals surface area (Å²) in [6.07, 6.45) is 2.00. The van der Waals surface area contributed by atoms with Gasteiger partial charge < -0.3 is 9.84 Å². The molecule has 0 bridgehead atoms. The van der Waals surface area contributed by atoms with Gasteiger partial charge in [0.15, 0.2) is 0 Å². The van der Waals surface area contributed by atoms with Crippen LogP contribution < -0.4 is 5.32 Å². The molecule has 146 valence electrons. The lowest BCUT2D eigenvalue weighted by atomic mass is 9.76. The van der Waals surface area contributed by atoms with Crippen LogP contribution >= 0.6 is 0 Å². The molecule has 7 heteroatoms. The van der Waals surface area contributed by atoms with Crippen LogP contribution in [0.5, 0.6) is 5.75 Å². The Morgan fingerprint density at radius 3 is 2.48 bits per heavy atom. The zero-order chi connectivity index (χ0) is 19.8. The number of imide groups is 1.